The number of aromatic amines is 1. The number of hydrogen-bond acceptors (Lipinski definition) is 6. The molecule has 1 aromatic heterocycles. The van der Waals surface area contributed by atoms with Crippen LogP contribution in [0.4, 0.5) is 24.5 Å². The number of carbonyl (C=O) groups excluding carboxylic acids is 2. The molecule has 1 aliphatic rings. The fraction of sp³-hybridized carbons (Fsp3) is 0.250. The molecule has 9 nitrogen and oxygen atoms in total. The first-order valence-electron chi connectivity index (χ1n) is 9.52. The number of oxazole rings is 1. The van der Waals surface area contributed by atoms with Gasteiger partial charge in [-0.1, -0.05) is 0 Å². The first-order chi connectivity index (χ1) is 15.2. The number of fused-ring (bicyclic) bond motifs is 1. The molecule has 32 heavy (non-hydrogen) atoms. The van der Waals surface area contributed by atoms with Crippen molar-refractivity contribution in [2.75, 3.05) is 36.4 Å². The van der Waals surface area contributed by atoms with Crippen LogP contribution in [-0.2, 0) is 9.59 Å². The minimum atomic E-state index is -4.75. The largest absolute Gasteiger partial charge is 0.573 e. The Morgan fingerprint density at radius 3 is 2.38 bits per heavy atom. The summed E-state index contributed by atoms with van der Waals surface area (Å²) < 4.78 is 45.6. The van der Waals surface area contributed by atoms with Crippen molar-refractivity contribution >= 4 is 34.3 Å². The highest BCUT2D eigenvalue weighted by atomic mass is 19.4. The van der Waals surface area contributed by atoms with Crippen LogP contribution in [0.1, 0.15) is 0 Å². The summed E-state index contributed by atoms with van der Waals surface area (Å²) in [6.45, 7) is 1.33. The lowest BCUT2D eigenvalue weighted by atomic mass is 10.2. The second-order valence-electron chi connectivity index (χ2n) is 7.00. The molecule has 0 atom stereocenters. The summed E-state index contributed by atoms with van der Waals surface area (Å²) in [5, 5.41) is 2.48. The molecule has 1 aliphatic heterocycles. The molecular weight excluding hydrogens is 433 g/mol. The number of piperazine rings is 1. The Hall–Kier alpha value is -3.96. The van der Waals surface area contributed by atoms with Gasteiger partial charge < -0.3 is 24.3 Å². The number of benzene rings is 2. The third-order valence-corrected chi connectivity index (χ3v) is 4.88. The van der Waals surface area contributed by atoms with Crippen molar-refractivity contribution in [1.82, 2.24) is 9.88 Å². The van der Waals surface area contributed by atoms with Gasteiger partial charge in [-0.3, -0.25) is 14.6 Å². The zero-order chi connectivity index (χ0) is 22.9. The number of alkyl halides is 3. The normalized spacial score (nSPS) is 14.5. The molecule has 1 saturated heterocycles. The Kier molecular flexibility index (Phi) is 5.51. The quantitative estimate of drug-likeness (QED) is 0.593. The van der Waals surface area contributed by atoms with Gasteiger partial charge in [-0.05, 0) is 36.4 Å². The highest BCUT2D eigenvalue weighted by Gasteiger charge is 2.31. The van der Waals surface area contributed by atoms with Gasteiger partial charge >= 0.3 is 23.9 Å². The van der Waals surface area contributed by atoms with E-state index >= 15 is 0 Å². The zero-order valence-electron chi connectivity index (χ0n) is 16.4. The van der Waals surface area contributed by atoms with Gasteiger partial charge in [-0.25, -0.2) is 4.79 Å². The second-order valence-corrected chi connectivity index (χ2v) is 7.00. The van der Waals surface area contributed by atoms with E-state index in [9.17, 15) is 27.6 Å². The van der Waals surface area contributed by atoms with Crippen LogP contribution < -0.4 is 20.7 Å². The van der Waals surface area contributed by atoms with Gasteiger partial charge in [0.15, 0.2) is 5.58 Å². The van der Waals surface area contributed by atoms with Crippen molar-refractivity contribution in [3.8, 4) is 5.75 Å². The fourth-order valence-corrected chi connectivity index (χ4v) is 3.38. The maximum absolute atomic E-state index is 12.5. The van der Waals surface area contributed by atoms with Gasteiger partial charge in [-0.15, -0.1) is 13.2 Å². The Balaban J connectivity index is 1.32. The summed E-state index contributed by atoms with van der Waals surface area (Å²) in [6.07, 6.45) is -4.75. The average molecular weight is 450 g/mol. The average Bonchev–Trinajstić information content (AvgIpc) is 3.12. The van der Waals surface area contributed by atoms with Gasteiger partial charge in [0.05, 0.1) is 5.52 Å². The van der Waals surface area contributed by atoms with E-state index < -0.39 is 23.9 Å². The SMILES string of the molecule is O=C(Nc1ccc2[nH]c(=O)oc2c1)C(=O)N1CCN(c2ccc(OC(F)(F)F)cc2)CC1. The maximum Gasteiger partial charge on any atom is 0.573 e. The van der Waals surface area contributed by atoms with Crippen LogP contribution in [0, 0.1) is 0 Å². The van der Waals surface area contributed by atoms with Gasteiger partial charge in [0.25, 0.3) is 0 Å². The lowest BCUT2D eigenvalue weighted by Crippen LogP contribution is -2.51. The summed E-state index contributed by atoms with van der Waals surface area (Å²) in [6, 6.07) is 9.95. The van der Waals surface area contributed by atoms with E-state index in [4.69, 9.17) is 4.42 Å². The Bertz CT molecular complexity index is 1190. The van der Waals surface area contributed by atoms with Crippen molar-refractivity contribution in [3.05, 3.63) is 53.0 Å². The van der Waals surface area contributed by atoms with Gasteiger partial charge in [-0.2, -0.15) is 0 Å². The number of nitrogens with one attached hydrogen (secondary N) is 2. The molecule has 0 aliphatic carbocycles. The summed E-state index contributed by atoms with van der Waals surface area (Å²) >= 11 is 0. The van der Waals surface area contributed by atoms with E-state index in [2.05, 4.69) is 15.0 Å². The standard InChI is InChI=1S/C20H17F3N4O5/c21-20(22,23)32-14-4-2-13(3-5-14)26-7-9-27(10-8-26)18(29)17(28)24-12-1-6-15-16(11-12)31-19(30)25-15/h1-6,11H,7-10H2,(H,24,28)(H,25,30). The number of carbonyl (C=O) groups is 2. The number of rotatable bonds is 3. The molecule has 0 spiro atoms. The van der Waals surface area contributed by atoms with Crippen LogP contribution in [-0.4, -0.2) is 54.2 Å². The Labute approximate surface area is 178 Å². The minimum Gasteiger partial charge on any atom is -0.408 e. The maximum atomic E-state index is 12.5. The molecule has 1 fully saturated rings. The van der Waals surface area contributed by atoms with Crippen molar-refractivity contribution in [2.24, 2.45) is 0 Å². The van der Waals surface area contributed by atoms with Crippen LogP contribution in [0.3, 0.4) is 0 Å². The van der Waals surface area contributed by atoms with Crippen molar-refractivity contribution in [3.63, 3.8) is 0 Å². The topological polar surface area (TPSA) is 108 Å². The summed E-state index contributed by atoms with van der Waals surface area (Å²) in [5.41, 5.74) is 1.70. The van der Waals surface area contributed by atoms with Gasteiger partial charge in [0.2, 0.25) is 0 Å². The Morgan fingerprint density at radius 2 is 1.72 bits per heavy atom. The van der Waals surface area contributed by atoms with Crippen molar-refractivity contribution < 1.29 is 31.9 Å². The molecule has 0 radical (unpaired) electrons. The number of amides is 2. The molecular formula is C20H17F3N4O5. The molecule has 0 bridgehead atoms. The summed E-state index contributed by atoms with van der Waals surface area (Å²) in [7, 11) is 0. The molecule has 4 rings (SSSR count). The van der Waals surface area contributed by atoms with Crippen molar-refractivity contribution in [1.29, 1.82) is 0 Å². The van der Waals surface area contributed by atoms with E-state index in [1.54, 1.807) is 6.07 Å². The number of hydrogen-bond donors (Lipinski definition) is 2. The lowest BCUT2D eigenvalue weighted by Gasteiger charge is -2.35. The second kappa shape index (κ2) is 8.29. The highest BCUT2D eigenvalue weighted by Crippen LogP contribution is 2.26. The number of ether oxygens (including phenoxy) is 1. The summed E-state index contributed by atoms with van der Waals surface area (Å²) in [4.78, 5) is 41.8. The predicted octanol–water partition coefficient (Wildman–Crippen LogP) is 2.31. The first-order valence-corrected chi connectivity index (χ1v) is 9.52. The molecule has 0 unspecified atom stereocenters. The third kappa shape index (κ3) is 4.85. The monoisotopic (exact) mass is 450 g/mol. The number of aromatic nitrogens is 1. The van der Waals surface area contributed by atoms with E-state index in [1.807, 2.05) is 4.90 Å². The summed E-state index contributed by atoms with van der Waals surface area (Å²) in [5.74, 6) is -2.48. The Morgan fingerprint density at radius 1 is 1.03 bits per heavy atom. The first kappa shape index (κ1) is 21.3. The van der Waals surface area contributed by atoms with Gasteiger partial charge in [0, 0.05) is 43.6 Å². The minimum absolute atomic E-state index is 0.250. The molecule has 0 saturated carbocycles. The third-order valence-electron chi connectivity index (χ3n) is 4.88. The highest BCUT2D eigenvalue weighted by molar-refractivity contribution is 6.39. The number of anilines is 2. The van der Waals surface area contributed by atoms with E-state index in [1.165, 1.54) is 41.3 Å². The predicted molar refractivity (Wildman–Crippen MR) is 107 cm³/mol. The van der Waals surface area contributed by atoms with Crippen LogP contribution >= 0.6 is 0 Å². The van der Waals surface area contributed by atoms with Gasteiger partial charge in [0.1, 0.15) is 5.75 Å². The number of nitrogens with zero attached hydrogens (tertiary/aromatic N) is 2. The molecule has 3 aromatic rings. The smallest absolute Gasteiger partial charge is 0.408 e. The number of H-pyrrole nitrogens is 1. The fourth-order valence-electron chi connectivity index (χ4n) is 3.38. The molecule has 2 N–H and O–H groups in total. The lowest BCUT2D eigenvalue weighted by molar-refractivity contribution is -0.274. The van der Waals surface area contributed by atoms with Crippen LogP contribution in [0.25, 0.3) is 11.1 Å². The van der Waals surface area contributed by atoms with E-state index in [-0.39, 0.29) is 24.4 Å². The molecule has 12 heteroatoms. The van der Waals surface area contributed by atoms with E-state index in [0.29, 0.717) is 30.0 Å². The van der Waals surface area contributed by atoms with Crippen LogP contribution in [0.5, 0.6) is 5.75 Å². The molecule has 2 amide bonds. The molecule has 2 heterocycles. The van der Waals surface area contributed by atoms with Crippen molar-refractivity contribution in [2.45, 2.75) is 6.36 Å². The molecule has 2 aromatic carbocycles. The zero-order valence-corrected chi connectivity index (χ0v) is 16.4. The van der Waals surface area contributed by atoms with Crippen LogP contribution in [0.15, 0.2) is 51.7 Å². The van der Waals surface area contributed by atoms with Crippen LogP contribution in [0.2, 0.25) is 0 Å². The number of halogens is 3. The molecule has 168 valence electrons. The van der Waals surface area contributed by atoms with E-state index in [0.717, 1.165) is 0 Å².